The van der Waals surface area contributed by atoms with Crippen molar-refractivity contribution in [2.75, 3.05) is 5.32 Å². The van der Waals surface area contributed by atoms with Crippen molar-refractivity contribution in [1.82, 2.24) is 4.98 Å². The second kappa shape index (κ2) is 7.37. The highest BCUT2D eigenvalue weighted by Gasteiger charge is 2.15. The third kappa shape index (κ3) is 4.03. The maximum Gasteiger partial charge on any atom is 0.255 e. The van der Waals surface area contributed by atoms with Gasteiger partial charge in [0.2, 0.25) is 5.89 Å². The summed E-state index contributed by atoms with van der Waals surface area (Å²) in [7, 11) is 0. The van der Waals surface area contributed by atoms with Gasteiger partial charge in [0.05, 0.1) is 10.6 Å². The van der Waals surface area contributed by atoms with Gasteiger partial charge in [0.15, 0.2) is 5.58 Å². The SMILES string of the molecule is CC(C)(C)c1ccc(C(=O)Nc2ccc3oc(-c4ccccc4Cl)nc3c2)cc1. The van der Waals surface area contributed by atoms with Crippen LogP contribution in [0, 0.1) is 0 Å². The van der Waals surface area contributed by atoms with Gasteiger partial charge in [0.1, 0.15) is 5.52 Å². The highest BCUT2D eigenvalue weighted by atomic mass is 35.5. The molecule has 5 heteroatoms. The van der Waals surface area contributed by atoms with Crippen LogP contribution in [0.4, 0.5) is 5.69 Å². The number of nitrogens with one attached hydrogen (secondary N) is 1. The summed E-state index contributed by atoms with van der Waals surface area (Å²) >= 11 is 6.24. The molecule has 0 aliphatic carbocycles. The molecule has 0 saturated carbocycles. The van der Waals surface area contributed by atoms with Gasteiger partial charge in [-0.1, -0.05) is 56.6 Å². The van der Waals surface area contributed by atoms with Crippen LogP contribution in [0.3, 0.4) is 0 Å². The van der Waals surface area contributed by atoms with Crippen molar-refractivity contribution in [3.63, 3.8) is 0 Å². The van der Waals surface area contributed by atoms with Gasteiger partial charge in [-0.2, -0.15) is 0 Å². The summed E-state index contributed by atoms with van der Waals surface area (Å²) in [5.74, 6) is 0.284. The molecule has 4 aromatic rings. The smallest absolute Gasteiger partial charge is 0.255 e. The van der Waals surface area contributed by atoms with E-state index in [-0.39, 0.29) is 11.3 Å². The molecule has 0 radical (unpaired) electrons. The predicted molar refractivity (Wildman–Crippen MR) is 118 cm³/mol. The summed E-state index contributed by atoms with van der Waals surface area (Å²) in [5.41, 5.74) is 4.51. The lowest BCUT2D eigenvalue weighted by atomic mass is 9.87. The topological polar surface area (TPSA) is 55.1 Å². The third-order valence-electron chi connectivity index (χ3n) is 4.76. The summed E-state index contributed by atoms with van der Waals surface area (Å²) in [6.07, 6.45) is 0. The maximum atomic E-state index is 12.6. The summed E-state index contributed by atoms with van der Waals surface area (Å²) in [4.78, 5) is 17.1. The van der Waals surface area contributed by atoms with Gasteiger partial charge < -0.3 is 9.73 Å². The molecule has 3 aromatic carbocycles. The molecule has 0 unspecified atom stereocenters. The molecule has 0 spiro atoms. The van der Waals surface area contributed by atoms with E-state index in [9.17, 15) is 4.79 Å². The van der Waals surface area contributed by atoms with Crippen molar-refractivity contribution in [1.29, 1.82) is 0 Å². The van der Waals surface area contributed by atoms with Crippen LogP contribution < -0.4 is 5.32 Å². The first kappa shape index (κ1) is 19.2. The molecule has 0 bridgehead atoms. The number of benzene rings is 3. The number of hydrogen-bond donors (Lipinski definition) is 1. The van der Waals surface area contributed by atoms with E-state index in [1.165, 1.54) is 5.56 Å². The monoisotopic (exact) mass is 404 g/mol. The van der Waals surface area contributed by atoms with Crippen LogP contribution in [-0.2, 0) is 5.41 Å². The minimum Gasteiger partial charge on any atom is -0.436 e. The van der Waals surface area contributed by atoms with Crippen molar-refractivity contribution in [3.8, 4) is 11.5 Å². The highest BCUT2D eigenvalue weighted by molar-refractivity contribution is 6.33. The number of aromatic nitrogens is 1. The number of amides is 1. The molecule has 1 amide bonds. The number of anilines is 1. The zero-order valence-electron chi connectivity index (χ0n) is 16.5. The van der Waals surface area contributed by atoms with Crippen LogP contribution in [0.5, 0.6) is 0 Å². The molecule has 0 aliphatic heterocycles. The van der Waals surface area contributed by atoms with E-state index in [1.807, 2.05) is 42.5 Å². The lowest BCUT2D eigenvalue weighted by molar-refractivity contribution is 0.102. The van der Waals surface area contributed by atoms with Crippen LogP contribution in [0.25, 0.3) is 22.6 Å². The first-order valence-corrected chi connectivity index (χ1v) is 9.76. The Balaban J connectivity index is 1.57. The largest absolute Gasteiger partial charge is 0.436 e. The number of carbonyl (C=O) groups is 1. The minimum absolute atomic E-state index is 0.0480. The average molecular weight is 405 g/mol. The summed E-state index contributed by atoms with van der Waals surface area (Å²) in [6, 6.07) is 20.5. The number of nitrogens with zero attached hydrogens (tertiary/aromatic N) is 1. The zero-order valence-corrected chi connectivity index (χ0v) is 17.2. The molecule has 0 fully saturated rings. The van der Waals surface area contributed by atoms with Crippen LogP contribution in [0.1, 0.15) is 36.7 Å². The Bertz CT molecular complexity index is 1190. The van der Waals surface area contributed by atoms with Crippen molar-refractivity contribution >= 4 is 34.3 Å². The minimum atomic E-state index is -0.167. The molecule has 4 rings (SSSR count). The standard InChI is InChI=1S/C24H21ClN2O2/c1-24(2,3)16-10-8-15(9-11-16)22(28)26-17-12-13-21-20(14-17)27-23(29-21)18-6-4-5-7-19(18)25/h4-14H,1-3H3,(H,26,28). The second-order valence-electron chi connectivity index (χ2n) is 7.96. The van der Waals surface area contributed by atoms with E-state index in [2.05, 4.69) is 31.1 Å². The number of carbonyl (C=O) groups excluding carboxylic acids is 1. The number of halogens is 1. The number of rotatable bonds is 3. The van der Waals surface area contributed by atoms with E-state index in [0.717, 1.165) is 5.56 Å². The summed E-state index contributed by atoms with van der Waals surface area (Å²) in [6.45, 7) is 6.43. The highest BCUT2D eigenvalue weighted by Crippen LogP contribution is 2.31. The number of oxazole rings is 1. The average Bonchev–Trinajstić information content (AvgIpc) is 3.11. The van der Waals surface area contributed by atoms with Crippen molar-refractivity contribution in [2.45, 2.75) is 26.2 Å². The van der Waals surface area contributed by atoms with Crippen LogP contribution in [-0.4, -0.2) is 10.9 Å². The Morgan fingerprint density at radius 1 is 1.00 bits per heavy atom. The quantitative estimate of drug-likeness (QED) is 0.413. The van der Waals surface area contributed by atoms with Crippen molar-refractivity contribution in [2.24, 2.45) is 0 Å². The Labute approximate surface area is 174 Å². The van der Waals surface area contributed by atoms with Gasteiger partial charge in [-0.15, -0.1) is 0 Å². The Morgan fingerprint density at radius 2 is 1.72 bits per heavy atom. The fourth-order valence-corrected chi connectivity index (χ4v) is 3.30. The fraction of sp³-hybridized carbons (Fsp3) is 0.167. The third-order valence-corrected chi connectivity index (χ3v) is 5.09. The van der Waals surface area contributed by atoms with Gasteiger partial charge in [-0.05, 0) is 53.4 Å². The van der Waals surface area contributed by atoms with Gasteiger partial charge in [-0.3, -0.25) is 4.79 Å². The molecule has 0 aliphatic rings. The lowest BCUT2D eigenvalue weighted by Gasteiger charge is -2.19. The second-order valence-corrected chi connectivity index (χ2v) is 8.37. The molecular formula is C24H21ClN2O2. The Kier molecular flexibility index (Phi) is 4.89. The Morgan fingerprint density at radius 3 is 2.41 bits per heavy atom. The van der Waals surface area contributed by atoms with Crippen molar-refractivity contribution < 1.29 is 9.21 Å². The van der Waals surface area contributed by atoms with Crippen molar-refractivity contribution in [3.05, 3.63) is 82.9 Å². The molecule has 0 saturated heterocycles. The van der Waals surface area contributed by atoms with Gasteiger partial charge in [-0.25, -0.2) is 4.98 Å². The molecular weight excluding hydrogens is 384 g/mol. The molecule has 1 heterocycles. The summed E-state index contributed by atoms with van der Waals surface area (Å²) in [5, 5.41) is 3.50. The van der Waals surface area contributed by atoms with E-state index < -0.39 is 0 Å². The maximum absolute atomic E-state index is 12.6. The molecule has 1 N–H and O–H groups in total. The van der Waals surface area contributed by atoms with Crippen LogP contribution in [0.15, 0.2) is 71.1 Å². The van der Waals surface area contributed by atoms with E-state index in [1.54, 1.807) is 24.3 Å². The first-order chi connectivity index (χ1) is 13.8. The fourth-order valence-electron chi connectivity index (χ4n) is 3.08. The molecule has 146 valence electrons. The molecule has 0 atom stereocenters. The lowest BCUT2D eigenvalue weighted by Crippen LogP contribution is -2.14. The van der Waals surface area contributed by atoms with Gasteiger partial charge in [0.25, 0.3) is 5.91 Å². The van der Waals surface area contributed by atoms with E-state index in [4.69, 9.17) is 16.0 Å². The predicted octanol–water partition coefficient (Wildman–Crippen LogP) is 6.70. The first-order valence-electron chi connectivity index (χ1n) is 9.39. The summed E-state index contributed by atoms with van der Waals surface area (Å²) < 4.78 is 5.82. The zero-order chi connectivity index (χ0) is 20.6. The molecule has 1 aromatic heterocycles. The van der Waals surface area contributed by atoms with Gasteiger partial charge in [0, 0.05) is 11.3 Å². The number of hydrogen-bond acceptors (Lipinski definition) is 3. The van der Waals surface area contributed by atoms with E-state index >= 15 is 0 Å². The van der Waals surface area contributed by atoms with Gasteiger partial charge >= 0.3 is 0 Å². The van der Waals surface area contributed by atoms with Crippen LogP contribution >= 0.6 is 11.6 Å². The molecule has 29 heavy (non-hydrogen) atoms. The molecule has 4 nitrogen and oxygen atoms in total. The van der Waals surface area contributed by atoms with E-state index in [0.29, 0.717) is 33.3 Å². The normalized spacial score (nSPS) is 11.6. The Hall–Kier alpha value is -3.11. The van der Waals surface area contributed by atoms with Crippen LogP contribution in [0.2, 0.25) is 5.02 Å². The number of fused-ring (bicyclic) bond motifs is 1.